The van der Waals surface area contributed by atoms with Crippen LogP contribution in [0.15, 0.2) is 11.6 Å². The smallest absolute Gasteiger partial charge is 0.171 e. The third-order valence-electron chi connectivity index (χ3n) is 5.32. The van der Waals surface area contributed by atoms with Gasteiger partial charge in [-0.3, -0.25) is 4.79 Å². The van der Waals surface area contributed by atoms with E-state index in [1.54, 1.807) is 0 Å². The van der Waals surface area contributed by atoms with Crippen LogP contribution in [0.25, 0.3) is 0 Å². The maximum absolute atomic E-state index is 11.6. The molecule has 2 saturated carbocycles. The first-order valence-corrected chi connectivity index (χ1v) is 6.74. The molecule has 1 heterocycles. The molecular weight excluding hydrogens is 216 g/mol. The van der Waals surface area contributed by atoms with Crippen molar-refractivity contribution < 1.29 is 14.3 Å². The minimum Gasteiger partial charge on any atom is -0.347 e. The second-order valence-electron chi connectivity index (χ2n) is 6.03. The van der Waals surface area contributed by atoms with Crippen molar-refractivity contribution in [1.82, 2.24) is 0 Å². The molecule has 0 aromatic carbocycles. The fourth-order valence-electron chi connectivity index (χ4n) is 4.43. The number of carbonyl (C=O) groups is 1. The normalized spacial score (nSPS) is 42.7. The summed E-state index contributed by atoms with van der Waals surface area (Å²) in [5.41, 5.74) is 1.73. The first-order chi connectivity index (χ1) is 8.23. The highest BCUT2D eigenvalue weighted by molar-refractivity contribution is 5.91. The van der Waals surface area contributed by atoms with Crippen LogP contribution in [0.1, 0.15) is 38.5 Å². The summed E-state index contributed by atoms with van der Waals surface area (Å²) in [4.78, 5) is 11.6. The van der Waals surface area contributed by atoms with Gasteiger partial charge in [-0.05, 0) is 37.2 Å². The van der Waals surface area contributed by atoms with Crippen molar-refractivity contribution in [2.45, 2.75) is 44.3 Å². The van der Waals surface area contributed by atoms with Gasteiger partial charge in [0.15, 0.2) is 11.6 Å². The van der Waals surface area contributed by atoms with Gasteiger partial charge in [0.1, 0.15) is 0 Å². The van der Waals surface area contributed by atoms with Gasteiger partial charge >= 0.3 is 0 Å². The predicted molar refractivity (Wildman–Crippen MR) is 61.4 cm³/mol. The summed E-state index contributed by atoms with van der Waals surface area (Å²) in [7, 11) is 0. The lowest BCUT2D eigenvalue weighted by Gasteiger charge is -2.43. The van der Waals surface area contributed by atoms with Gasteiger partial charge in [-0.25, -0.2) is 0 Å². The van der Waals surface area contributed by atoms with E-state index in [1.165, 1.54) is 12.0 Å². The molecule has 3 fully saturated rings. The Kier molecular flexibility index (Phi) is 1.94. The fraction of sp³-hybridized carbons (Fsp3) is 0.786. The third kappa shape index (κ3) is 1.27. The van der Waals surface area contributed by atoms with E-state index >= 15 is 0 Å². The molecule has 0 aromatic rings. The summed E-state index contributed by atoms with van der Waals surface area (Å²) in [5, 5.41) is 0. The van der Waals surface area contributed by atoms with Crippen molar-refractivity contribution in [2.75, 3.05) is 13.2 Å². The van der Waals surface area contributed by atoms with Crippen molar-refractivity contribution in [1.29, 1.82) is 0 Å². The van der Waals surface area contributed by atoms with E-state index in [9.17, 15) is 4.79 Å². The van der Waals surface area contributed by atoms with Crippen molar-refractivity contribution in [2.24, 2.45) is 11.3 Å². The zero-order valence-corrected chi connectivity index (χ0v) is 10.0. The van der Waals surface area contributed by atoms with E-state index in [0.29, 0.717) is 17.1 Å². The van der Waals surface area contributed by atoms with Crippen molar-refractivity contribution in [3.05, 3.63) is 11.6 Å². The molecule has 1 saturated heterocycles. The van der Waals surface area contributed by atoms with Gasteiger partial charge in [0.25, 0.3) is 0 Å². The lowest BCUT2D eigenvalue weighted by Crippen LogP contribution is -2.43. The molecule has 2 bridgehead atoms. The molecule has 0 unspecified atom stereocenters. The topological polar surface area (TPSA) is 35.5 Å². The maximum atomic E-state index is 11.6. The monoisotopic (exact) mass is 234 g/mol. The first-order valence-electron chi connectivity index (χ1n) is 6.74. The lowest BCUT2D eigenvalue weighted by molar-refractivity contribution is -0.214. The van der Waals surface area contributed by atoms with Gasteiger partial charge in [-0.2, -0.15) is 0 Å². The van der Waals surface area contributed by atoms with Gasteiger partial charge < -0.3 is 9.47 Å². The molecule has 3 aliphatic carbocycles. The summed E-state index contributed by atoms with van der Waals surface area (Å²) in [6.07, 6.45) is 8.08. The molecule has 2 spiro atoms. The molecule has 0 N–H and O–H groups in total. The Morgan fingerprint density at radius 1 is 1.18 bits per heavy atom. The van der Waals surface area contributed by atoms with Gasteiger partial charge in [0.2, 0.25) is 0 Å². The first kappa shape index (κ1) is 10.3. The van der Waals surface area contributed by atoms with E-state index in [-0.39, 0.29) is 5.79 Å². The van der Waals surface area contributed by atoms with E-state index < -0.39 is 0 Å². The van der Waals surface area contributed by atoms with Crippen LogP contribution in [0, 0.1) is 11.3 Å². The number of rotatable bonds is 0. The number of ketones is 1. The number of hydrogen-bond acceptors (Lipinski definition) is 3. The van der Waals surface area contributed by atoms with E-state index in [2.05, 4.69) is 0 Å². The molecule has 17 heavy (non-hydrogen) atoms. The zero-order valence-electron chi connectivity index (χ0n) is 10.0. The van der Waals surface area contributed by atoms with Crippen LogP contribution in [0.3, 0.4) is 0 Å². The minimum atomic E-state index is -0.299. The molecule has 3 heteroatoms. The molecule has 0 aromatic heterocycles. The highest BCUT2D eigenvalue weighted by atomic mass is 16.7. The van der Waals surface area contributed by atoms with E-state index in [1.807, 2.05) is 6.08 Å². The molecule has 4 rings (SSSR count). The van der Waals surface area contributed by atoms with E-state index in [4.69, 9.17) is 9.47 Å². The average molecular weight is 234 g/mol. The highest BCUT2D eigenvalue weighted by Crippen LogP contribution is 2.62. The Morgan fingerprint density at radius 2 is 2.00 bits per heavy atom. The number of fused-ring (bicyclic) bond motifs is 2. The molecule has 0 radical (unpaired) electrons. The van der Waals surface area contributed by atoms with Crippen LogP contribution < -0.4 is 0 Å². The van der Waals surface area contributed by atoms with E-state index in [0.717, 1.165) is 45.3 Å². The summed E-state index contributed by atoms with van der Waals surface area (Å²) in [6.45, 7) is 1.48. The minimum absolute atomic E-state index is 0.299. The summed E-state index contributed by atoms with van der Waals surface area (Å²) in [6, 6.07) is 0. The van der Waals surface area contributed by atoms with Crippen LogP contribution in [-0.2, 0) is 14.3 Å². The fourth-order valence-corrected chi connectivity index (χ4v) is 4.43. The van der Waals surface area contributed by atoms with Gasteiger partial charge in [-0.15, -0.1) is 0 Å². The van der Waals surface area contributed by atoms with Crippen LogP contribution in [-0.4, -0.2) is 24.8 Å². The quantitative estimate of drug-likeness (QED) is 0.644. The molecule has 2 atom stereocenters. The maximum Gasteiger partial charge on any atom is 0.171 e. The Hall–Kier alpha value is -0.670. The second kappa shape index (κ2) is 3.21. The Balaban J connectivity index is 1.71. The number of allylic oxidation sites excluding steroid dienone is 2. The predicted octanol–water partition coefficient (Wildman–Crippen LogP) is 2.21. The summed E-state index contributed by atoms with van der Waals surface area (Å²) in [5.74, 6) is 0.503. The number of carbonyl (C=O) groups excluding carboxylic acids is 1. The van der Waals surface area contributed by atoms with Crippen LogP contribution in [0.5, 0.6) is 0 Å². The highest BCUT2D eigenvalue weighted by Gasteiger charge is 2.59. The molecule has 3 nitrogen and oxygen atoms in total. The third-order valence-corrected chi connectivity index (χ3v) is 5.32. The Bertz CT molecular complexity index is 406. The second-order valence-corrected chi connectivity index (χ2v) is 6.03. The summed E-state index contributed by atoms with van der Waals surface area (Å²) >= 11 is 0. The lowest BCUT2D eigenvalue weighted by atomic mass is 9.67. The molecular formula is C14H18O3. The van der Waals surface area contributed by atoms with Crippen LogP contribution >= 0.6 is 0 Å². The molecule has 4 aliphatic rings. The Labute approximate surface area is 101 Å². The number of hydrogen-bond donors (Lipinski definition) is 0. The average Bonchev–Trinajstić information content (AvgIpc) is 2.88. The molecule has 0 amide bonds. The van der Waals surface area contributed by atoms with Gasteiger partial charge in [0.05, 0.1) is 13.2 Å². The largest absolute Gasteiger partial charge is 0.347 e. The van der Waals surface area contributed by atoms with Crippen molar-refractivity contribution in [3.63, 3.8) is 0 Å². The Morgan fingerprint density at radius 3 is 2.82 bits per heavy atom. The molecule has 1 aliphatic heterocycles. The van der Waals surface area contributed by atoms with Crippen molar-refractivity contribution in [3.8, 4) is 0 Å². The van der Waals surface area contributed by atoms with Gasteiger partial charge in [-0.1, -0.05) is 5.57 Å². The standard InChI is InChI=1S/C14H18O3/c15-12-1-2-13-3-4-14(16-5-6-17-14)11(9-13)7-10(13)8-12/h8,11H,1-7,9H2/t11-,13-/m0/s1. The van der Waals surface area contributed by atoms with Crippen LogP contribution in [0.4, 0.5) is 0 Å². The van der Waals surface area contributed by atoms with Crippen LogP contribution in [0.2, 0.25) is 0 Å². The summed E-state index contributed by atoms with van der Waals surface area (Å²) < 4.78 is 11.8. The zero-order chi connectivity index (χ0) is 11.5. The van der Waals surface area contributed by atoms with Gasteiger partial charge in [0, 0.05) is 18.8 Å². The van der Waals surface area contributed by atoms with Crippen molar-refractivity contribution >= 4 is 5.78 Å². The SMILES string of the molecule is O=C1C=C2C[C@H]3C[C@]2(CC1)CCC31OCCO1. The number of ether oxygens (including phenoxy) is 2. The molecule has 92 valence electrons.